The van der Waals surface area contributed by atoms with Gasteiger partial charge in [-0.1, -0.05) is 50.2 Å². The quantitative estimate of drug-likeness (QED) is 0.747. The molecule has 0 saturated heterocycles. The van der Waals surface area contributed by atoms with Gasteiger partial charge in [0.15, 0.2) is 0 Å². The molecule has 0 fully saturated rings. The average Bonchev–Trinajstić information content (AvgIpc) is 2.65. The number of carbonyl (C=O) groups excluding carboxylic acids is 1. The molecule has 1 atom stereocenters. The fraction of sp³-hybridized carbons (Fsp3) is 0.263. The summed E-state index contributed by atoms with van der Waals surface area (Å²) in [6.07, 6.45) is 0. The molecule has 3 rings (SSSR count). The van der Waals surface area contributed by atoms with Crippen LogP contribution in [-0.2, 0) is 0 Å². The summed E-state index contributed by atoms with van der Waals surface area (Å²) in [5, 5.41) is 10.7. The van der Waals surface area contributed by atoms with Gasteiger partial charge in [0.2, 0.25) is 5.82 Å². The zero-order valence-electron chi connectivity index (χ0n) is 14.3. The van der Waals surface area contributed by atoms with Crippen LogP contribution in [0.3, 0.4) is 0 Å². The van der Waals surface area contributed by atoms with Crippen molar-refractivity contribution < 1.29 is 4.79 Å². The Hall–Kier alpha value is -2.86. The smallest absolute Gasteiger partial charge is 0.291 e. The van der Waals surface area contributed by atoms with E-state index in [9.17, 15) is 4.79 Å². The number of hydrogen-bond donors (Lipinski definition) is 2. The van der Waals surface area contributed by atoms with Crippen LogP contribution in [0.4, 0.5) is 0 Å². The second-order valence-electron chi connectivity index (χ2n) is 6.26. The molecule has 0 aliphatic heterocycles. The predicted octanol–water partition coefficient (Wildman–Crippen LogP) is 2.58. The van der Waals surface area contributed by atoms with E-state index >= 15 is 0 Å². The van der Waals surface area contributed by atoms with Gasteiger partial charge in [-0.15, -0.1) is 10.2 Å². The van der Waals surface area contributed by atoms with E-state index in [0.29, 0.717) is 23.5 Å². The molecule has 128 valence electrons. The summed E-state index contributed by atoms with van der Waals surface area (Å²) in [6.45, 7) is 4.59. The summed E-state index contributed by atoms with van der Waals surface area (Å²) >= 11 is 0. The molecular formula is C19H21N5O. The van der Waals surface area contributed by atoms with Gasteiger partial charge in [-0.3, -0.25) is 4.79 Å². The van der Waals surface area contributed by atoms with Crippen molar-refractivity contribution >= 4 is 16.9 Å². The van der Waals surface area contributed by atoms with Crippen LogP contribution in [0.25, 0.3) is 11.0 Å². The number of nitrogens with zero attached hydrogens (tertiary/aromatic N) is 3. The minimum atomic E-state index is -0.382. The number of benzene rings is 2. The molecule has 2 aromatic carbocycles. The summed E-state index contributed by atoms with van der Waals surface area (Å²) in [7, 11) is 0. The summed E-state index contributed by atoms with van der Waals surface area (Å²) in [5.74, 6) is 0.135. The minimum absolute atomic E-state index is 0.0426. The van der Waals surface area contributed by atoms with Crippen LogP contribution >= 0.6 is 0 Å². The molecule has 6 heteroatoms. The number of carbonyl (C=O) groups is 1. The summed E-state index contributed by atoms with van der Waals surface area (Å²) in [6, 6.07) is 15.1. The maximum atomic E-state index is 12.2. The number of nitrogens with two attached hydrogens (primary N) is 1. The normalized spacial score (nSPS) is 12.3. The molecule has 1 heterocycles. The van der Waals surface area contributed by atoms with Crippen LogP contribution in [0.15, 0.2) is 48.5 Å². The van der Waals surface area contributed by atoms with Gasteiger partial charge >= 0.3 is 0 Å². The molecule has 1 aromatic heterocycles. The first-order valence-electron chi connectivity index (χ1n) is 8.27. The Morgan fingerprint density at radius 2 is 1.64 bits per heavy atom. The van der Waals surface area contributed by atoms with Gasteiger partial charge < -0.3 is 11.1 Å². The molecule has 0 aliphatic rings. The van der Waals surface area contributed by atoms with E-state index < -0.39 is 0 Å². The van der Waals surface area contributed by atoms with Crippen LogP contribution in [0.1, 0.15) is 47.6 Å². The zero-order valence-corrected chi connectivity index (χ0v) is 14.3. The van der Waals surface area contributed by atoms with Crippen molar-refractivity contribution in [3.8, 4) is 0 Å². The predicted molar refractivity (Wildman–Crippen MR) is 97.1 cm³/mol. The van der Waals surface area contributed by atoms with Crippen molar-refractivity contribution in [1.82, 2.24) is 20.5 Å². The lowest BCUT2D eigenvalue weighted by Gasteiger charge is -2.14. The van der Waals surface area contributed by atoms with Gasteiger partial charge in [-0.2, -0.15) is 0 Å². The van der Waals surface area contributed by atoms with Gasteiger partial charge in [0.25, 0.3) is 5.91 Å². The van der Waals surface area contributed by atoms with Crippen LogP contribution in [0.5, 0.6) is 0 Å². The number of amides is 1. The highest BCUT2D eigenvalue weighted by Crippen LogP contribution is 2.17. The van der Waals surface area contributed by atoms with Crippen molar-refractivity contribution in [3.05, 3.63) is 65.5 Å². The van der Waals surface area contributed by atoms with Gasteiger partial charge in [-0.25, -0.2) is 4.98 Å². The van der Waals surface area contributed by atoms with Gasteiger partial charge in [0, 0.05) is 12.6 Å². The maximum absolute atomic E-state index is 12.2. The monoisotopic (exact) mass is 335 g/mol. The average molecular weight is 335 g/mol. The first-order chi connectivity index (χ1) is 12.0. The van der Waals surface area contributed by atoms with Crippen molar-refractivity contribution in [1.29, 1.82) is 0 Å². The van der Waals surface area contributed by atoms with E-state index in [1.54, 1.807) is 12.1 Å². The van der Waals surface area contributed by atoms with Crippen molar-refractivity contribution in [3.63, 3.8) is 0 Å². The largest absolute Gasteiger partial charge is 0.347 e. The van der Waals surface area contributed by atoms with E-state index in [2.05, 4.69) is 46.5 Å². The van der Waals surface area contributed by atoms with Gasteiger partial charge in [0.05, 0.1) is 5.52 Å². The Balaban J connectivity index is 1.64. The third-order valence-electron chi connectivity index (χ3n) is 4.08. The van der Waals surface area contributed by atoms with Gasteiger partial charge in [-0.05, 0) is 29.2 Å². The van der Waals surface area contributed by atoms with E-state index in [0.717, 1.165) is 5.56 Å². The fourth-order valence-corrected chi connectivity index (χ4v) is 2.50. The lowest BCUT2D eigenvalue weighted by molar-refractivity contribution is 0.0940. The molecule has 3 aromatic rings. The Labute approximate surface area is 146 Å². The molecule has 6 nitrogen and oxygen atoms in total. The standard InChI is InChI=1S/C19H21N5O/c1-12(2)13-7-9-14(10-8-13)15(20)11-21-19(25)18-22-16-5-3-4-6-17(16)23-24-18/h3-10,12,15H,11,20H2,1-2H3,(H,21,25). The lowest BCUT2D eigenvalue weighted by Crippen LogP contribution is -2.33. The molecule has 0 aliphatic carbocycles. The van der Waals surface area contributed by atoms with Crippen LogP contribution in [0, 0.1) is 0 Å². The molecule has 0 radical (unpaired) electrons. The number of aromatic nitrogens is 3. The van der Waals surface area contributed by atoms with Crippen molar-refractivity contribution in [2.75, 3.05) is 6.54 Å². The summed E-state index contributed by atoms with van der Waals surface area (Å²) in [4.78, 5) is 16.5. The fourth-order valence-electron chi connectivity index (χ4n) is 2.50. The number of para-hydroxylation sites is 1. The van der Waals surface area contributed by atoms with E-state index in [1.165, 1.54) is 5.56 Å². The molecule has 0 bridgehead atoms. The Bertz CT molecular complexity index is 876. The molecule has 25 heavy (non-hydrogen) atoms. The SMILES string of the molecule is CC(C)c1ccc(C(N)CNC(=O)c2nnc3ccccc3n2)cc1. The Morgan fingerprint density at radius 1 is 1.00 bits per heavy atom. The van der Waals surface area contributed by atoms with Crippen LogP contribution < -0.4 is 11.1 Å². The second-order valence-corrected chi connectivity index (χ2v) is 6.26. The third-order valence-corrected chi connectivity index (χ3v) is 4.08. The van der Waals surface area contributed by atoms with Crippen LogP contribution in [-0.4, -0.2) is 27.6 Å². The molecule has 1 amide bonds. The Morgan fingerprint density at radius 3 is 2.32 bits per heavy atom. The van der Waals surface area contributed by atoms with E-state index in [1.807, 2.05) is 24.3 Å². The van der Waals surface area contributed by atoms with E-state index in [4.69, 9.17) is 5.73 Å². The maximum Gasteiger partial charge on any atom is 0.291 e. The summed E-state index contributed by atoms with van der Waals surface area (Å²) < 4.78 is 0. The second kappa shape index (κ2) is 7.36. The van der Waals surface area contributed by atoms with Crippen LogP contribution in [0.2, 0.25) is 0 Å². The third kappa shape index (κ3) is 3.97. The van der Waals surface area contributed by atoms with E-state index in [-0.39, 0.29) is 17.8 Å². The number of fused-ring (bicyclic) bond motifs is 1. The van der Waals surface area contributed by atoms with Crippen molar-refractivity contribution in [2.24, 2.45) is 5.73 Å². The number of nitrogens with one attached hydrogen (secondary N) is 1. The topological polar surface area (TPSA) is 93.8 Å². The summed E-state index contributed by atoms with van der Waals surface area (Å²) in [5.41, 5.74) is 9.69. The van der Waals surface area contributed by atoms with Gasteiger partial charge in [0.1, 0.15) is 5.52 Å². The number of rotatable bonds is 5. The molecule has 3 N–H and O–H groups in total. The van der Waals surface area contributed by atoms with Crippen molar-refractivity contribution in [2.45, 2.75) is 25.8 Å². The first-order valence-corrected chi connectivity index (χ1v) is 8.27. The minimum Gasteiger partial charge on any atom is -0.347 e. The zero-order chi connectivity index (χ0) is 17.8. The highest BCUT2D eigenvalue weighted by molar-refractivity contribution is 5.91. The molecule has 1 unspecified atom stereocenters. The Kier molecular flexibility index (Phi) is 5.00. The molecular weight excluding hydrogens is 314 g/mol. The first kappa shape index (κ1) is 17.0. The lowest BCUT2D eigenvalue weighted by atomic mass is 9.99. The molecule has 0 spiro atoms. The highest BCUT2D eigenvalue weighted by atomic mass is 16.2. The molecule has 0 saturated carbocycles. The highest BCUT2D eigenvalue weighted by Gasteiger charge is 2.13. The number of hydrogen-bond acceptors (Lipinski definition) is 5.